The second-order valence-corrected chi connectivity index (χ2v) is 4.95. The van der Waals surface area contributed by atoms with Gasteiger partial charge in [0.2, 0.25) is 5.91 Å². The standard InChI is InChI=1S/C18H16N4O/c1-2-18(23)20-13-14-8-9-16(19-12-14)17-10-11-22(21-17)15-6-4-3-5-7-15/h2-12H,1,13H2,(H,20,23). The largest absolute Gasteiger partial charge is 0.348 e. The van der Waals surface area contributed by atoms with Gasteiger partial charge >= 0.3 is 0 Å². The molecular weight excluding hydrogens is 288 g/mol. The Morgan fingerprint density at radius 1 is 1.13 bits per heavy atom. The zero-order chi connectivity index (χ0) is 16.1. The third-order valence-corrected chi connectivity index (χ3v) is 3.35. The van der Waals surface area contributed by atoms with E-state index in [1.165, 1.54) is 6.08 Å². The molecular formula is C18H16N4O. The van der Waals surface area contributed by atoms with Crippen LogP contribution in [0.4, 0.5) is 0 Å². The van der Waals surface area contributed by atoms with Gasteiger partial charge in [0.15, 0.2) is 0 Å². The number of nitrogens with zero attached hydrogens (tertiary/aromatic N) is 3. The summed E-state index contributed by atoms with van der Waals surface area (Å²) in [6, 6.07) is 15.7. The zero-order valence-electron chi connectivity index (χ0n) is 12.5. The molecule has 0 aliphatic rings. The van der Waals surface area contributed by atoms with Gasteiger partial charge < -0.3 is 5.32 Å². The lowest BCUT2D eigenvalue weighted by Gasteiger charge is -2.03. The Bertz CT molecular complexity index is 807. The van der Waals surface area contributed by atoms with E-state index in [2.05, 4.69) is 22.0 Å². The Labute approximate surface area is 134 Å². The van der Waals surface area contributed by atoms with Crippen LogP contribution in [0, 0.1) is 0 Å². The van der Waals surface area contributed by atoms with Crippen LogP contribution in [0.5, 0.6) is 0 Å². The fraction of sp³-hybridized carbons (Fsp3) is 0.0556. The molecule has 0 saturated heterocycles. The molecule has 23 heavy (non-hydrogen) atoms. The highest BCUT2D eigenvalue weighted by Gasteiger charge is 2.05. The number of rotatable bonds is 5. The van der Waals surface area contributed by atoms with Crippen LogP contribution < -0.4 is 5.32 Å². The third-order valence-electron chi connectivity index (χ3n) is 3.35. The molecule has 5 heteroatoms. The van der Waals surface area contributed by atoms with Crippen molar-refractivity contribution < 1.29 is 4.79 Å². The van der Waals surface area contributed by atoms with Crippen molar-refractivity contribution >= 4 is 5.91 Å². The molecule has 0 saturated carbocycles. The van der Waals surface area contributed by atoms with Gasteiger partial charge in [-0.15, -0.1) is 0 Å². The molecule has 2 aromatic heterocycles. The summed E-state index contributed by atoms with van der Waals surface area (Å²) in [5.41, 5.74) is 3.52. The lowest BCUT2D eigenvalue weighted by molar-refractivity contribution is -0.116. The third kappa shape index (κ3) is 3.52. The van der Waals surface area contributed by atoms with E-state index >= 15 is 0 Å². The van der Waals surface area contributed by atoms with Crippen LogP contribution in [0.2, 0.25) is 0 Å². The van der Waals surface area contributed by atoms with E-state index in [0.29, 0.717) is 6.54 Å². The number of nitrogens with one attached hydrogen (secondary N) is 1. The highest BCUT2D eigenvalue weighted by atomic mass is 16.1. The minimum absolute atomic E-state index is 0.198. The van der Waals surface area contributed by atoms with E-state index in [-0.39, 0.29) is 5.91 Å². The Morgan fingerprint density at radius 3 is 2.65 bits per heavy atom. The first kappa shape index (κ1) is 14.7. The van der Waals surface area contributed by atoms with Crippen LogP contribution in [-0.4, -0.2) is 20.7 Å². The van der Waals surface area contributed by atoms with Gasteiger partial charge in [-0.2, -0.15) is 5.10 Å². The molecule has 1 N–H and O–H groups in total. The molecule has 0 aliphatic heterocycles. The fourth-order valence-electron chi connectivity index (χ4n) is 2.13. The van der Waals surface area contributed by atoms with Gasteiger partial charge in [0, 0.05) is 18.9 Å². The molecule has 114 valence electrons. The predicted octanol–water partition coefficient (Wildman–Crippen LogP) is 2.74. The second-order valence-electron chi connectivity index (χ2n) is 4.95. The van der Waals surface area contributed by atoms with Crippen LogP contribution >= 0.6 is 0 Å². The Morgan fingerprint density at radius 2 is 1.96 bits per heavy atom. The number of para-hydroxylation sites is 1. The van der Waals surface area contributed by atoms with E-state index in [1.807, 2.05) is 59.4 Å². The summed E-state index contributed by atoms with van der Waals surface area (Å²) in [4.78, 5) is 15.6. The first-order valence-corrected chi connectivity index (χ1v) is 7.23. The normalized spacial score (nSPS) is 10.3. The maximum Gasteiger partial charge on any atom is 0.243 e. The summed E-state index contributed by atoms with van der Waals surface area (Å²) in [5.74, 6) is -0.198. The van der Waals surface area contributed by atoms with E-state index in [4.69, 9.17) is 0 Å². The SMILES string of the molecule is C=CC(=O)NCc1ccc(-c2ccn(-c3ccccc3)n2)nc1. The molecule has 0 unspecified atom stereocenters. The van der Waals surface area contributed by atoms with Crippen LogP contribution in [0.25, 0.3) is 17.1 Å². The first-order valence-electron chi connectivity index (χ1n) is 7.23. The maximum absolute atomic E-state index is 11.1. The Balaban J connectivity index is 1.74. The molecule has 1 amide bonds. The van der Waals surface area contributed by atoms with Gasteiger partial charge in [0.25, 0.3) is 0 Å². The number of aromatic nitrogens is 3. The summed E-state index contributed by atoms with van der Waals surface area (Å²) < 4.78 is 1.81. The van der Waals surface area contributed by atoms with Crippen molar-refractivity contribution in [2.24, 2.45) is 0 Å². The van der Waals surface area contributed by atoms with Gasteiger partial charge in [0.1, 0.15) is 5.69 Å². The van der Waals surface area contributed by atoms with Crippen molar-refractivity contribution in [1.29, 1.82) is 0 Å². The number of hydrogen-bond acceptors (Lipinski definition) is 3. The first-order chi connectivity index (χ1) is 11.3. The van der Waals surface area contributed by atoms with Crippen LogP contribution in [0.1, 0.15) is 5.56 Å². The quantitative estimate of drug-likeness (QED) is 0.737. The van der Waals surface area contributed by atoms with Gasteiger partial charge in [0.05, 0.1) is 11.4 Å². The van der Waals surface area contributed by atoms with E-state index in [9.17, 15) is 4.79 Å². The predicted molar refractivity (Wildman–Crippen MR) is 88.8 cm³/mol. The molecule has 3 rings (SSSR count). The lowest BCUT2D eigenvalue weighted by Crippen LogP contribution is -2.19. The summed E-state index contributed by atoms with van der Waals surface area (Å²) >= 11 is 0. The molecule has 0 aliphatic carbocycles. The molecule has 0 fully saturated rings. The Kier molecular flexibility index (Phi) is 4.29. The van der Waals surface area contributed by atoms with Gasteiger partial charge in [-0.05, 0) is 35.9 Å². The van der Waals surface area contributed by atoms with Crippen LogP contribution in [0.3, 0.4) is 0 Å². The summed E-state index contributed by atoms with van der Waals surface area (Å²) in [6.07, 6.45) is 4.89. The molecule has 0 bridgehead atoms. The van der Waals surface area contributed by atoms with Gasteiger partial charge in [-0.25, -0.2) is 4.68 Å². The molecule has 0 spiro atoms. The average Bonchev–Trinajstić information content (AvgIpc) is 3.11. The minimum Gasteiger partial charge on any atom is -0.348 e. The second kappa shape index (κ2) is 6.70. The molecule has 3 aromatic rings. The number of carbonyl (C=O) groups excluding carboxylic acids is 1. The summed E-state index contributed by atoms with van der Waals surface area (Å²) in [6.45, 7) is 3.84. The van der Waals surface area contributed by atoms with E-state index in [1.54, 1.807) is 6.20 Å². The molecule has 0 radical (unpaired) electrons. The van der Waals surface area contributed by atoms with Crippen molar-refractivity contribution in [3.05, 3.63) is 79.1 Å². The number of pyridine rings is 1. The van der Waals surface area contributed by atoms with Crippen molar-refractivity contribution in [1.82, 2.24) is 20.1 Å². The summed E-state index contributed by atoms with van der Waals surface area (Å²) in [7, 11) is 0. The molecule has 0 atom stereocenters. The van der Waals surface area contributed by atoms with E-state index in [0.717, 1.165) is 22.6 Å². The number of amides is 1. The molecule has 1 aromatic carbocycles. The highest BCUT2D eigenvalue weighted by molar-refractivity contribution is 5.86. The highest BCUT2D eigenvalue weighted by Crippen LogP contribution is 2.16. The maximum atomic E-state index is 11.1. The van der Waals surface area contributed by atoms with Gasteiger partial charge in [-0.3, -0.25) is 9.78 Å². The lowest BCUT2D eigenvalue weighted by atomic mass is 10.2. The number of carbonyl (C=O) groups is 1. The van der Waals surface area contributed by atoms with Crippen LogP contribution in [0.15, 0.2) is 73.6 Å². The monoisotopic (exact) mass is 304 g/mol. The number of benzene rings is 1. The zero-order valence-corrected chi connectivity index (χ0v) is 12.5. The van der Waals surface area contributed by atoms with Crippen molar-refractivity contribution in [2.75, 3.05) is 0 Å². The van der Waals surface area contributed by atoms with Gasteiger partial charge in [-0.1, -0.05) is 30.8 Å². The summed E-state index contributed by atoms with van der Waals surface area (Å²) in [5, 5.41) is 7.26. The van der Waals surface area contributed by atoms with E-state index < -0.39 is 0 Å². The molecule has 2 heterocycles. The van der Waals surface area contributed by atoms with Crippen molar-refractivity contribution in [3.8, 4) is 17.1 Å². The Hall–Kier alpha value is -3.21. The molecule has 5 nitrogen and oxygen atoms in total. The number of hydrogen-bond donors (Lipinski definition) is 1. The smallest absolute Gasteiger partial charge is 0.243 e. The van der Waals surface area contributed by atoms with Crippen molar-refractivity contribution in [2.45, 2.75) is 6.54 Å². The van der Waals surface area contributed by atoms with Crippen LogP contribution in [-0.2, 0) is 11.3 Å². The topological polar surface area (TPSA) is 59.8 Å². The fourth-order valence-corrected chi connectivity index (χ4v) is 2.13. The van der Waals surface area contributed by atoms with Crippen molar-refractivity contribution in [3.63, 3.8) is 0 Å². The average molecular weight is 304 g/mol. The minimum atomic E-state index is -0.198.